The third-order valence-corrected chi connectivity index (χ3v) is 5.69. The van der Waals surface area contributed by atoms with Gasteiger partial charge in [0.05, 0.1) is 0 Å². The molecule has 2 aromatic rings. The summed E-state index contributed by atoms with van der Waals surface area (Å²) in [5.41, 5.74) is 2.58. The van der Waals surface area contributed by atoms with Crippen LogP contribution in [0.1, 0.15) is 42.7 Å². The van der Waals surface area contributed by atoms with E-state index in [1.54, 1.807) is 0 Å². The molecule has 3 aliphatic carbocycles. The van der Waals surface area contributed by atoms with Gasteiger partial charge in [-0.05, 0) is 42.7 Å². The molecule has 2 aromatic carbocycles. The van der Waals surface area contributed by atoms with Crippen LogP contribution in [-0.4, -0.2) is 5.78 Å². The van der Waals surface area contributed by atoms with E-state index in [2.05, 4.69) is 60.7 Å². The van der Waals surface area contributed by atoms with Crippen molar-refractivity contribution in [3.05, 3.63) is 71.8 Å². The summed E-state index contributed by atoms with van der Waals surface area (Å²) in [6.45, 7) is 0. The molecule has 3 aliphatic rings. The molecule has 1 heteroatoms. The van der Waals surface area contributed by atoms with Gasteiger partial charge in [0, 0.05) is 17.8 Å². The maximum absolute atomic E-state index is 13.0. The van der Waals surface area contributed by atoms with Crippen molar-refractivity contribution in [3.8, 4) is 0 Å². The lowest BCUT2D eigenvalue weighted by Gasteiger charge is -2.44. The van der Waals surface area contributed by atoms with Crippen LogP contribution >= 0.6 is 0 Å². The van der Waals surface area contributed by atoms with Crippen molar-refractivity contribution in [2.24, 2.45) is 17.8 Å². The van der Waals surface area contributed by atoms with Gasteiger partial charge in [-0.3, -0.25) is 4.79 Å². The highest BCUT2D eigenvalue weighted by Gasteiger charge is 2.46. The van der Waals surface area contributed by atoms with Gasteiger partial charge in [0.2, 0.25) is 0 Å². The minimum Gasteiger partial charge on any atom is -0.299 e. The Labute approximate surface area is 132 Å². The van der Waals surface area contributed by atoms with Gasteiger partial charge in [0.25, 0.3) is 0 Å². The summed E-state index contributed by atoms with van der Waals surface area (Å²) in [7, 11) is 0. The van der Waals surface area contributed by atoms with Gasteiger partial charge in [-0.2, -0.15) is 0 Å². The van der Waals surface area contributed by atoms with E-state index in [1.807, 2.05) is 0 Å². The van der Waals surface area contributed by atoms with Crippen LogP contribution in [-0.2, 0) is 4.79 Å². The fourth-order valence-corrected chi connectivity index (χ4v) is 4.63. The lowest BCUT2D eigenvalue weighted by Crippen LogP contribution is -2.43. The zero-order valence-corrected chi connectivity index (χ0v) is 12.8. The molecule has 1 atom stereocenters. The molecule has 0 heterocycles. The molecule has 0 N–H and O–H groups in total. The largest absolute Gasteiger partial charge is 0.299 e. The topological polar surface area (TPSA) is 17.1 Å². The van der Waals surface area contributed by atoms with Gasteiger partial charge < -0.3 is 0 Å². The van der Waals surface area contributed by atoms with Gasteiger partial charge in [0.1, 0.15) is 5.78 Å². The normalized spacial score (nSPS) is 27.3. The molecule has 0 aliphatic heterocycles. The fraction of sp³-hybridized carbons (Fsp3) is 0.381. The smallest absolute Gasteiger partial charge is 0.140 e. The number of benzene rings is 2. The predicted octanol–water partition coefficient (Wildman–Crippen LogP) is 4.82. The van der Waals surface area contributed by atoms with Crippen molar-refractivity contribution in [3.63, 3.8) is 0 Å². The molecule has 1 unspecified atom stereocenters. The van der Waals surface area contributed by atoms with E-state index in [0.717, 1.165) is 12.8 Å². The second kappa shape index (κ2) is 5.72. The molecular formula is C21H22O. The Hall–Kier alpha value is -1.89. The highest BCUT2D eigenvalue weighted by molar-refractivity contribution is 5.86. The van der Waals surface area contributed by atoms with Crippen molar-refractivity contribution < 1.29 is 4.79 Å². The second-order valence-corrected chi connectivity index (χ2v) is 6.84. The highest BCUT2D eigenvalue weighted by Crippen LogP contribution is 2.49. The van der Waals surface area contributed by atoms with Gasteiger partial charge in [-0.1, -0.05) is 60.7 Å². The molecule has 3 saturated carbocycles. The van der Waals surface area contributed by atoms with Gasteiger partial charge in [0.15, 0.2) is 0 Å². The standard InChI is InChI=1S/C21H22O/c22-21-18-13-11-17(12-14-18)20(21)19(15-7-3-1-4-8-15)16-9-5-2-6-10-16/h1-10,17-20H,11-14H2. The molecule has 2 bridgehead atoms. The summed E-state index contributed by atoms with van der Waals surface area (Å²) < 4.78 is 0. The second-order valence-electron chi connectivity index (χ2n) is 6.84. The van der Waals surface area contributed by atoms with Crippen molar-refractivity contribution in [2.45, 2.75) is 31.6 Å². The van der Waals surface area contributed by atoms with Crippen LogP contribution in [0.5, 0.6) is 0 Å². The minimum absolute atomic E-state index is 0.178. The van der Waals surface area contributed by atoms with Crippen LogP contribution in [0.3, 0.4) is 0 Å². The molecule has 112 valence electrons. The first-order chi connectivity index (χ1) is 10.8. The Kier molecular flexibility index (Phi) is 3.57. The average Bonchev–Trinajstić information content (AvgIpc) is 2.60. The van der Waals surface area contributed by atoms with Gasteiger partial charge in [-0.25, -0.2) is 0 Å². The first kappa shape index (κ1) is 13.8. The molecule has 22 heavy (non-hydrogen) atoms. The number of carbonyl (C=O) groups is 1. The van der Waals surface area contributed by atoms with Gasteiger partial charge >= 0.3 is 0 Å². The summed E-state index contributed by atoms with van der Waals surface area (Å²) in [5, 5.41) is 0. The molecule has 3 fully saturated rings. The van der Waals surface area contributed by atoms with Crippen molar-refractivity contribution in [1.82, 2.24) is 0 Å². The predicted molar refractivity (Wildman–Crippen MR) is 88.7 cm³/mol. The number of carbonyl (C=O) groups excluding carboxylic acids is 1. The first-order valence-electron chi connectivity index (χ1n) is 8.48. The van der Waals surface area contributed by atoms with Crippen LogP contribution in [0, 0.1) is 17.8 Å². The zero-order chi connectivity index (χ0) is 14.9. The SMILES string of the molecule is O=C1C2CCC(CC2)C1C(c1ccccc1)c1ccccc1. The van der Waals surface area contributed by atoms with E-state index in [4.69, 9.17) is 0 Å². The summed E-state index contributed by atoms with van der Waals surface area (Å²) in [6, 6.07) is 21.2. The first-order valence-corrected chi connectivity index (χ1v) is 8.48. The van der Waals surface area contributed by atoms with Crippen LogP contribution < -0.4 is 0 Å². The Bertz CT molecular complexity index is 599. The van der Waals surface area contributed by atoms with E-state index in [0.29, 0.717) is 17.6 Å². The summed E-state index contributed by atoms with van der Waals surface area (Å²) in [5.74, 6) is 1.83. The maximum atomic E-state index is 13.0. The lowest BCUT2D eigenvalue weighted by atomic mass is 9.58. The molecule has 1 nitrogen and oxygen atoms in total. The Morgan fingerprint density at radius 1 is 0.727 bits per heavy atom. The van der Waals surface area contributed by atoms with Crippen LogP contribution in [0.25, 0.3) is 0 Å². The number of rotatable bonds is 3. The molecular weight excluding hydrogens is 268 g/mol. The van der Waals surface area contributed by atoms with E-state index in [9.17, 15) is 4.79 Å². The summed E-state index contributed by atoms with van der Waals surface area (Å²) >= 11 is 0. The van der Waals surface area contributed by atoms with E-state index >= 15 is 0 Å². The molecule has 0 amide bonds. The van der Waals surface area contributed by atoms with Crippen LogP contribution in [0.15, 0.2) is 60.7 Å². The zero-order valence-electron chi connectivity index (χ0n) is 12.8. The third kappa shape index (κ3) is 2.29. The molecule has 0 saturated heterocycles. The number of ketones is 1. The third-order valence-electron chi connectivity index (χ3n) is 5.69. The van der Waals surface area contributed by atoms with E-state index in [1.165, 1.54) is 24.0 Å². The lowest BCUT2D eigenvalue weighted by molar-refractivity contribution is -0.136. The Morgan fingerprint density at radius 3 is 1.68 bits per heavy atom. The van der Waals surface area contributed by atoms with Crippen molar-refractivity contribution in [1.29, 1.82) is 0 Å². The Balaban J connectivity index is 1.79. The highest BCUT2D eigenvalue weighted by atomic mass is 16.1. The minimum atomic E-state index is 0.178. The van der Waals surface area contributed by atoms with Gasteiger partial charge in [-0.15, -0.1) is 0 Å². The average molecular weight is 290 g/mol. The molecule has 5 rings (SSSR count). The number of Topliss-reactive ketones (excluding diaryl/α,β-unsaturated/α-hetero) is 1. The van der Waals surface area contributed by atoms with Crippen LogP contribution in [0.4, 0.5) is 0 Å². The van der Waals surface area contributed by atoms with E-state index < -0.39 is 0 Å². The number of fused-ring (bicyclic) bond motifs is 3. The van der Waals surface area contributed by atoms with Crippen molar-refractivity contribution >= 4 is 5.78 Å². The van der Waals surface area contributed by atoms with E-state index in [-0.39, 0.29) is 11.8 Å². The number of hydrogen-bond acceptors (Lipinski definition) is 1. The summed E-state index contributed by atoms with van der Waals surface area (Å²) in [4.78, 5) is 13.0. The monoisotopic (exact) mass is 290 g/mol. The van der Waals surface area contributed by atoms with Crippen molar-refractivity contribution in [2.75, 3.05) is 0 Å². The Morgan fingerprint density at radius 2 is 1.23 bits per heavy atom. The molecule has 0 radical (unpaired) electrons. The number of hydrogen-bond donors (Lipinski definition) is 0. The molecule has 0 aromatic heterocycles. The molecule has 0 spiro atoms. The summed E-state index contributed by atoms with van der Waals surface area (Å²) in [6.07, 6.45) is 4.71. The van der Waals surface area contributed by atoms with Crippen LogP contribution in [0.2, 0.25) is 0 Å². The quantitative estimate of drug-likeness (QED) is 0.791. The fourth-order valence-electron chi connectivity index (χ4n) is 4.63. The maximum Gasteiger partial charge on any atom is 0.140 e.